The third kappa shape index (κ3) is 8.59. The van der Waals surface area contributed by atoms with Crippen molar-refractivity contribution in [3.63, 3.8) is 0 Å². The molecule has 4 aromatic rings. The molecule has 2 aliphatic heterocycles. The summed E-state index contributed by atoms with van der Waals surface area (Å²) in [4.78, 5) is 64.5. The Morgan fingerprint density at radius 1 is 1.07 bits per heavy atom. The number of pyridine rings is 1. The number of rotatable bonds is 8. The van der Waals surface area contributed by atoms with Crippen LogP contribution in [-0.4, -0.2) is 84.3 Å². The Morgan fingerprint density at radius 3 is 2.65 bits per heavy atom. The van der Waals surface area contributed by atoms with Crippen molar-refractivity contribution >= 4 is 66.7 Å². The maximum absolute atomic E-state index is 14.2. The number of ether oxygens (including phenoxy) is 2. The average Bonchev–Trinajstić information content (AvgIpc) is 3.44. The first-order valence-corrected chi connectivity index (χ1v) is 21.2. The highest BCUT2D eigenvalue weighted by atomic mass is 32.2. The molecule has 4 amide bonds. The van der Waals surface area contributed by atoms with Gasteiger partial charge in [-0.3, -0.25) is 19.2 Å². The molecule has 1 saturated carbocycles. The Hall–Kier alpha value is -5.55. The minimum atomic E-state index is -4.48. The molecule has 57 heavy (non-hydrogen) atoms. The highest BCUT2D eigenvalue weighted by Gasteiger charge is 2.61. The van der Waals surface area contributed by atoms with Crippen molar-refractivity contribution in [3.8, 4) is 22.9 Å². The summed E-state index contributed by atoms with van der Waals surface area (Å²) in [5.74, 6) is -1.65. The van der Waals surface area contributed by atoms with Crippen molar-refractivity contribution < 1.29 is 37.1 Å². The van der Waals surface area contributed by atoms with E-state index in [-0.39, 0.29) is 54.2 Å². The molecule has 3 aliphatic rings. The van der Waals surface area contributed by atoms with Crippen LogP contribution in [0.1, 0.15) is 59.3 Å². The molecular formula is C40H45N7O8S2. The van der Waals surface area contributed by atoms with E-state index in [2.05, 4.69) is 20.7 Å². The molecule has 300 valence electrons. The van der Waals surface area contributed by atoms with Gasteiger partial charge in [0.15, 0.2) is 5.13 Å². The van der Waals surface area contributed by atoms with Gasteiger partial charge in [-0.2, -0.15) is 0 Å². The van der Waals surface area contributed by atoms with Crippen molar-refractivity contribution in [2.45, 2.75) is 87.9 Å². The molecule has 0 unspecified atom stereocenters. The van der Waals surface area contributed by atoms with Crippen LogP contribution in [-0.2, 0) is 29.2 Å². The monoisotopic (exact) mass is 815 g/mol. The van der Waals surface area contributed by atoms with E-state index in [9.17, 15) is 27.6 Å². The fraction of sp³-hybridized carbons (Fsp3) is 0.400. The van der Waals surface area contributed by atoms with Crippen LogP contribution in [0.25, 0.3) is 22.3 Å². The fourth-order valence-corrected chi connectivity index (χ4v) is 9.33. The highest BCUT2D eigenvalue weighted by molar-refractivity contribution is 7.90. The van der Waals surface area contributed by atoms with E-state index in [4.69, 9.17) is 19.4 Å². The summed E-state index contributed by atoms with van der Waals surface area (Å²) in [6, 6.07) is 12.2. The molecule has 0 radical (unpaired) electrons. The zero-order valence-corrected chi connectivity index (χ0v) is 33.7. The highest BCUT2D eigenvalue weighted by Crippen LogP contribution is 2.46. The maximum Gasteiger partial charge on any atom is 0.266 e. The van der Waals surface area contributed by atoms with E-state index in [1.807, 2.05) is 31.4 Å². The van der Waals surface area contributed by atoms with Crippen LogP contribution in [0.15, 0.2) is 71.0 Å². The van der Waals surface area contributed by atoms with E-state index in [1.165, 1.54) is 41.4 Å². The molecule has 2 fully saturated rings. The Bertz CT molecular complexity index is 2360. The van der Waals surface area contributed by atoms with Gasteiger partial charge in [-0.25, -0.2) is 23.1 Å². The molecule has 4 N–H and O–H groups in total. The molecule has 4 atom stereocenters. The number of hydrogen-bond donors (Lipinski definition) is 4. The molecule has 0 spiro atoms. The second-order valence-electron chi connectivity index (χ2n) is 14.8. The van der Waals surface area contributed by atoms with Crippen LogP contribution in [0.2, 0.25) is 0 Å². The molecule has 2 aromatic heterocycles. The van der Waals surface area contributed by atoms with Crippen molar-refractivity contribution in [1.29, 1.82) is 0 Å². The molecule has 7 rings (SSSR count). The minimum Gasteiger partial charge on any atom is -0.497 e. The van der Waals surface area contributed by atoms with Gasteiger partial charge in [0.2, 0.25) is 17.7 Å². The van der Waals surface area contributed by atoms with E-state index in [0.717, 1.165) is 5.13 Å². The number of carbonyl (C=O) groups is 4. The first-order valence-electron chi connectivity index (χ1n) is 18.9. The smallest absolute Gasteiger partial charge is 0.266 e. The maximum atomic E-state index is 14.2. The normalized spacial score (nSPS) is 23.9. The van der Waals surface area contributed by atoms with Crippen LogP contribution in [0, 0.1) is 5.92 Å². The lowest BCUT2D eigenvalue weighted by molar-refractivity contribution is -0.138. The number of fused-ring (bicyclic) bond motifs is 3. The number of methoxy groups -OCH3 is 1. The van der Waals surface area contributed by atoms with Crippen LogP contribution in [0.3, 0.4) is 0 Å². The lowest BCUT2D eigenvalue weighted by Crippen LogP contribution is -2.56. The van der Waals surface area contributed by atoms with Crippen LogP contribution in [0.5, 0.6) is 11.5 Å². The van der Waals surface area contributed by atoms with Crippen molar-refractivity contribution in [3.05, 3.63) is 66.1 Å². The molecule has 0 bridgehead atoms. The Labute approximate surface area is 334 Å². The van der Waals surface area contributed by atoms with Crippen molar-refractivity contribution in [2.75, 3.05) is 24.3 Å². The molecule has 17 heteroatoms. The molecule has 1 aliphatic carbocycles. The third-order valence-corrected chi connectivity index (χ3v) is 12.4. The molecule has 4 heterocycles. The lowest BCUT2D eigenvalue weighted by atomic mass is 10.1. The second kappa shape index (κ2) is 16.1. The number of aromatic nitrogens is 2. The summed E-state index contributed by atoms with van der Waals surface area (Å²) in [5.41, 5.74) is 0.268. The standard InChI is InChI=1S/C40H45N7O8S2/c1-23(2)41-39-44-32(22-56-39)31-19-34(28-16-15-26(54-4)17-30(28)42-31)55-27-18-33(47(21-27)24(3)48)37(50)45-40-20-25(40)11-7-5-6-8-14-36(49)43-29-12-9-10-13-35(29)57(52,53)46-38(40)51/h7,9-13,15-17,19,22-23,25,27,33H,5-6,8,14,18,20-21H2,1-4H3,(H,41,44)(H,43,49)(H,45,50)(H,46,51)/b11-7-/t25-,27+,33-,40+/m0/s1. The SMILES string of the molecule is COc1ccc2c(O[C@@H]3C[C@@H](C(=O)N[C@]45C[C@@H]4/C=C\CCCCC(=O)Nc4ccccc4S(=O)(=O)NC5=O)N(C(C)=O)C3)cc(-c3csc(NC(C)C)n3)nc2c1. The first-order chi connectivity index (χ1) is 27.3. The van der Waals surface area contributed by atoms with E-state index < -0.39 is 45.4 Å². The number of benzene rings is 2. The predicted octanol–water partition coefficient (Wildman–Crippen LogP) is 5.00. The Balaban J connectivity index is 1.15. The van der Waals surface area contributed by atoms with Gasteiger partial charge in [0.05, 0.1) is 30.6 Å². The van der Waals surface area contributed by atoms with Gasteiger partial charge in [-0.05, 0) is 63.8 Å². The van der Waals surface area contributed by atoms with Crippen molar-refractivity contribution in [1.82, 2.24) is 24.9 Å². The largest absolute Gasteiger partial charge is 0.497 e. The van der Waals surface area contributed by atoms with Crippen LogP contribution < -0.4 is 30.1 Å². The number of nitrogens with zero attached hydrogens (tertiary/aromatic N) is 3. The molecule has 1 saturated heterocycles. The second-order valence-corrected chi connectivity index (χ2v) is 17.3. The van der Waals surface area contributed by atoms with Gasteiger partial charge in [0, 0.05) is 54.6 Å². The number of allylic oxidation sites excluding steroid dienone is 1. The number of thiazole rings is 1. The third-order valence-electron chi connectivity index (χ3n) is 10.3. The quantitative estimate of drug-likeness (QED) is 0.175. The van der Waals surface area contributed by atoms with Gasteiger partial charge >= 0.3 is 0 Å². The summed E-state index contributed by atoms with van der Waals surface area (Å²) in [6.07, 6.45) is 5.41. The summed E-state index contributed by atoms with van der Waals surface area (Å²) in [5, 5.41) is 12.2. The Kier molecular flexibility index (Phi) is 11.2. The molecule has 2 aromatic carbocycles. The first kappa shape index (κ1) is 39.7. The number of carbonyl (C=O) groups excluding carboxylic acids is 4. The van der Waals surface area contributed by atoms with Gasteiger partial charge in [-0.1, -0.05) is 24.3 Å². The minimum absolute atomic E-state index is 0.0445. The summed E-state index contributed by atoms with van der Waals surface area (Å²) >= 11 is 1.46. The van der Waals surface area contributed by atoms with Crippen LogP contribution >= 0.6 is 11.3 Å². The number of para-hydroxylation sites is 1. The molecule has 15 nitrogen and oxygen atoms in total. The summed E-state index contributed by atoms with van der Waals surface area (Å²) in [7, 11) is -2.91. The van der Waals surface area contributed by atoms with Crippen LogP contribution in [0.4, 0.5) is 10.8 Å². The topological polar surface area (TPSA) is 198 Å². The number of likely N-dealkylation sites (tertiary alicyclic amines) is 1. The van der Waals surface area contributed by atoms with E-state index >= 15 is 0 Å². The average molecular weight is 816 g/mol. The lowest BCUT2D eigenvalue weighted by Gasteiger charge is -2.25. The van der Waals surface area contributed by atoms with Gasteiger partial charge < -0.3 is 30.3 Å². The zero-order chi connectivity index (χ0) is 40.5. The van der Waals surface area contributed by atoms with E-state index in [1.54, 1.807) is 37.5 Å². The number of anilines is 2. The molecular weight excluding hydrogens is 771 g/mol. The predicted molar refractivity (Wildman–Crippen MR) is 215 cm³/mol. The zero-order valence-electron chi connectivity index (χ0n) is 32.0. The fourth-order valence-electron chi connectivity index (χ4n) is 7.27. The Morgan fingerprint density at radius 2 is 1.88 bits per heavy atom. The van der Waals surface area contributed by atoms with Gasteiger partial charge in [0.1, 0.15) is 39.8 Å². The number of amides is 4. The number of sulfonamides is 1. The van der Waals surface area contributed by atoms with Gasteiger partial charge in [-0.15, -0.1) is 11.3 Å². The summed E-state index contributed by atoms with van der Waals surface area (Å²) in [6.45, 7) is 5.50. The van der Waals surface area contributed by atoms with Gasteiger partial charge in [0.25, 0.3) is 15.9 Å². The number of hydrogen-bond acceptors (Lipinski definition) is 12. The number of nitrogens with one attached hydrogen (secondary N) is 4. The van der Waals surface area contributed by atoms with Crippen molar-refractivity contribution in [2.24, 2.45) is 5.92 Å². The van der Waals surface area contributed by atoms with E-state index in [0.29, 0.717) is 53.1 Å². The summed E-state index contributed by atoms with van der Waals surface area (Å²) < 4.78 is 41.5.